The van der Waals surface area contributed by atoms with Gasteiger partial charge in [0.05, 0.1) is 0 Å². The molecular weight excluding hydrogens is 346 g/mol. The van der Waals surface area contributed by atoms with Crippen molar-refractivity contribution in [1.29, 1.82) is 0 Å². The third-order valence-electron chi connectivity index (χ3n) is 4.63. The number of piperidine rings is 1. The van der Waals surface area contributed by atoms with E-state index in [1.165, 1.54) is 0 Å². The molecule has 0 saturated carbocycles. The number of hydrogen-bond acceptors (Lipinski definition) is 5. The number of hydrogen-bond donors (Lipinski definition) is 2. The summed E-state index contributed by atoms with van der Waals surface area (Å²) in [5.41, 5.74) is 1.56. The molecule has 0 atom stereocenters. The maximum atomic E-state index is 12.6. The molecule has 2 heterocycles. The first kappa shape index (κ1) is 19.0. The van der Waals surface area contributed by atoms with Crippen molar-refractivity contribution < 1.29 is 14.3 Å². The van der Waals surface area contributed by atoms with E-state index < -0.39 is 0 Å². The van der Waals surface area contributed by atoms with Gasteiger partial charge < -0.3 is 15.0 Å². The average Bonchev–Trinajstić information content (AvgIpc) is 3.13. The molecule has 1 aliphatic rings. The topological polar surface area (TPSA) is 100 Å². The van der Waals surface area contributed by atoms with Gasteiger partial charge in [-0.3, -0.25) is 14.7 Å². The van der Waals surface area contributed by atoms with Gasteiger partial charge in [0.15, 0.2) is 5.82 Å². The number of rotatable bonds is 6. The molecule has 1 aromatic heterocycles. The van der Waals surface area contributed by atoms with Crippen LogP contribution in [0.4, 0.5) is 5.69 Å². The molecule has 0 bridgehead atoms. The summed E-state index contributed by atoms with van der Waals surface area (Å²) < 4.78 is 5.17. The predicted octanol–water partition coefficient (Wildman–Crippen LogP) is 1.99. The zero-order valence-electron chi connectivity index (χ0n) is 15.7. The lowest BCUT2D eigenvalue weighted by Gasteiger charge is -2.31. The predicted molar refractivity (Wildman–Crippen MR) is 101 cm³/mol. The zero-order valence-corrected chi connectivity index (χ0v) is 15.7. The van der Waals surface area contributed by atoms with Crippen molar-refractivity contribution in [2.45, 2.75) is 26.7 Å². The minimum absolute atomic E-state index is 0.00907. The molecule has 0 spiro atoms. The monoisotopic (exact) mass is 371 g/mol. The van der Waals surface area contributed by atoms with Gasteiger partial charge in [-0.05, 0) is 38.8 Å². The first-order chi connectivity index (χ1) is 13.1. The van der Waals surface area contributed by atoms with E-state index in [2.05, 4.69) is 20.5 Å². The Morgan fingerprint density at radius 2 is 2.11 bits per heavy atom. The smallest absolute Gasteiger partial charge is 0.248 e. The number of likely N-dealkylation sites (tertiary alicyclic amines) is 1. The van der Waals surface area contributed by atoms with Crippen LogP contribution in [-0.2, 0) is 14.3 Å². The van der Waals surface area contributed by atoms with E-state index in [0.29, 0.717) is 38.4 Å². The summed E-state index contributed by atoms with van der Waals surface area (Å²) >= 11 is 0. The standard InChI is InChI=1S/C19H25N5O3/c1-3-27-12-17(25)24-9-7-14(8-10-24)19(26)21-16-6-4-5-15(11-16)18-20-13(2)22-23-18/h4-6,11,14H,3,7-10,12H2,1-2H3,(H,21,26)(H,20,22,23). The lowest BCUT2D eigenvalue weighted by Crippen LogP contribution is -2.42. The Morgan fingerprint density at radius 1 is 1.33 bits per heavy atom. The zero-order chi connectivity index (χ0) is 19.2. The molecule has 8 heteroatoms. The molecule has 3 rings (SSSR count). The van der Waals surface area contributed by atoms with Crippen LogP contribution in [0, 0.1) is 12.8 Å². The number of H-pyrrole nitrogens is 1. The number of nitrogens with zero attached hydrogens (tertiary/aromatic N) is 3. The van der Waals surface area contributed by atoms with Crippen molar-refractivity contribution in [1.82, 2.24) is 20.1 Å². The highest BCUT2D eigenvalue weighted by Crippen LogP contribution is 2.22. The molecule has 1 fully saturated rings. The summed E-state index contributed by atoms with van der Waals surface area (Å²) in [6.07, 6.45) is 1.31. The molecule has 8 nitrogen and oxygen atoms in total. The molecule has 0 radical (unpaired) electrons. The third kappa shape index (κ3) is 4.91. The van der Waals surface area contributed by atoms with Crippen LogP contribution in [0.5, 0.6) is 0 Å². The van der Waals surface area contributed by atoms with Crippen molar-refractivity contribution in [3.8, 4) is 11.4 Å². The van der Waals surface area contributed by atoms with Crippen molar-refractivity contribution >= 4 is 17.5 Å². The summed E-state index contributed by atoms with van der Waals surface area (Å²) in [5, 5.41) is 9.94. The van der Waals surface area contributed by atoms with Gasteiger partial charge in [0.1, 0.15) is 12.4 Å². The van der Waals surface area contributed by atoms with E-state index in [9.17, 15) is 9.59 Å². The Balaban J connectivity index is 1.55. The van der Waals surface area contributed by atoms with Gasteiger partial charge in [0.25, 0.3) is 0 Å². The normalized spacial score (nSPS) is 15.0. The molecule has 2 N–H and O–H groups in total. The first-order valence-corrected chi connectivity index (χ1v) is 9.22. The molecule has 1 saturated heterocycles. The molecule has 27 heavy (non-hydrogen) atoms. The number of aromatic amines is 1. The van der Waals surface area contributed by atoms with Crippen LogP contribution in [0.3, 0.4) is 0 Å². The van der Waals surface area contributed by atoms with E-state index >= 15 is 0 Å². The fourth-order valence-corrected chi connectivity index (χ4v) is 3.12. The summed E-state index contributed by atoms with van der Waals surface area (Å²) in [7, 11) is 0. The van der Waals surface area contributed by atoms with Crippen LogP contribution in [0.15, 0.2) is 24.3 Å². The number of benzene rings is 1. The minimum Gasteiger partial charge on any atom is -0.372 e. The number of anilines is 1. The number of aromatic nitrogens is 3. The number of ether oxygens (including phenoxy) is 1. The average molecular weight is 371 g/mol. The largest absolute Gasteiger partial charge is 0.372 e. The SMILES string of the molecule is CCOCC(=O)N1CCC(C(=O)Nc2cccc(-c3n[nH]c(C)n3)c2)CC1. The van der Waals surface area contributed by atoms with E-state index in [4.69, 9.17) is 4.74 Å². The summed E-state index contributed by atoms with van der Waals surface area (Å²) in [5.74, 6) is 1.21. The fourth-order valence-electron chi connectivity index (χ4n) is 3.12. The lowest BCUT2D eigenvalue weighted by atomic mass is 9.95. The summed E-state index contributed by atoms with van der Waals surface area (Å²) in [4.78, 5) is 30.7. The molecule has 1 aliphatic heterocycles. The first-order valence-electron chi connectivity index (χ1n) is 9.22. The van der Waals surface area contributed by atoms with Crippen molar-refractivity contribution in [3.63, 3.8) is 0 Å². The second-order valence-electron chi connectivity index (χ2n) is 6.61. The van der Waals surface area contributed by atoms with Gasteiger partial charge in [-0.1, -0.05) is 12.1 Å². The molecule has 144 valence electrons. The van der Waals surface area contributed by atoms with Gasteiger partial charge >= 0.3 is 0 Å². The maximum absolute atomic E-state index is 12.6. The molecule has 0 unspecified atom stereocenters. The van der Waals surface area contributed by atoms with Crippen LogP contribution in [0.2, 0.25) is 0 Å². The van der Waals surface area contributed by atoms with Crippen LogP contribution >= 0.6 is 0 Å². The van der Waals surface area contributed by atoms with Crippen LogP contribution < -0.4 is 5.32 Å². The Hall–Kier alpha value is -2.74. The van der Waals surface area contributed by atoms with E-state index in [-0.39, 0.29) is 24.3 Å². The molecule has 2 amide bonds. The van der Waals surface area contributed by atoms with Gasteiger partial charge in [-0.25, -0.2) is 4.98 Å². The van der Waals surface area contributed by atoms with E-state index in [1.54, 1.807) is 4.90 Å². The minimum atomic E-state index is -0.101. The van der Waals surface area contributed by atoms with E-state index in [0.717, 1.165) is 17.1 Å². The van der Waals surface area contributed by atoms with Gasteiger partial charge in [-0.2, -0.15) is 5.10 Å². The lowest BCUT2D eigenvalue weighted by molar-refractivity contribution is -0.138. The second-order valence-corrected chi connectivity index (χ2v) is 6.61. The number of carbonyl (C=O) groups is 2. The van der Waals surface area contributed by atoms with Gasteiger partial charge in [0.2, 0.25) is 11.8 Å². The molecular formula is C19H25N5O3. The quantitative estimate of drug-likeness (QED) is 0.809. The molecule has 2 aromatic rings. The Bertz CT molecular complexity index is 796. The molecule has 1 aromatic carbocycles. The fraction of sp³-hybridized carbons (Fsp3) is 0.474. The highest BCUT2D eigenvalue weighted by atomic mass is 16.5. The third-order valence-corrected chi connectivity index (χ3v) is 4.63. The number of nitrogens with one attached hydrogen (secondary N) is 2. The van der Waals surface area contributed by atoms with Crippen LogP contribution in [-0.4, -0.2) is 58.2 Å². The number of carbonyl (C=O) groups excluding carboxylic acids is 2. The molecule has 0 aliphatic carbocycles. The van der Waals surface area contributed by atoms with Gasteiger partial charge in [0, 0.05) is 36.9 Å². The van der Waals surface area contributed by atoms with Gasteiger partial charge in [-0.15, -0.1) is 0 Å². The van der Waals surface area contributed by atoms with Crippen molar-refractivity contribution in [2.75, 3.05) is 31.6 Å². The number of amides is 2. The highest BCUT2D eigenvalue weighted by molar-refractivity contribution is 5.93. The van der Waals surface area contributed by atoms with Crippen LogP contribution in [0.25, 0.3) is 11.4 Å². The Kier molecular flexibility index (Phi) is 6.18. The van der Waals surface area contributed by atoms with Crippen LogP contribution in [0.1, 0.15) is 25.6 Å². The summed E-state index contributed by atoms with van der Waals surface area (Å²) in [6, 6.07) is 7.48. The maximum Gasteiger partial charge on any atom is 0.248 e. The highest BCUT2D eigenvalue weighted by Gasteiger charge is 2.27. The van der Waals surface area contributed by atoms with Crippen molar-refractivity contribution in [2.24, 2.45) is 5.92 Å². The van der Waals surface area contributed by atoms with E-state index in [1.807, 2.05) is 38.1 Å². The summed E-state index contributed by atoms with van der Waals surface area (Å²) in [6.45, 7) is 5.51. The Morgan fingerprint density at radius 3 is 2.78 bits per heavy atom. The van der Waals surface area contributed by atoms with Crippen molar-refractivity contribution in [3.05, 3.63) is 30.1 Å². The second kappa shape index (κ2) is 8.77. The number of aryl methyl sites for hydroxylation is 1. The Labute approximate surface area is 158 Å².